The van der Waals surface area contributed by atoms with Crippen molar-refractivity contribution in [3.63, 3.8) is 0 Å². The lowest BCUT2D eigenvalue weighted by Crippen LogP contribution is -2.26. The van der Waals surface area contributed by atoms with Crippen LogP contribution in [0.3, 0.4) is 0 Å². The van der Waals surface area contributed by atoms with Crippen molar-refractivity contribution in [3.05, 3.63) is 63.4 Å². The number of aromatic nitrogens is 2. The van der Waals surface area contributed by atoms with Crippen LogP contribution in [0.25, 0.3) is 16.6 Å². The second-order valence-corrected chi connectivity index (χ2v) is 8.22. The molecule has 0 fully saturated rings. The number of hydrogen-bond donors (Lipinski definition) is 1. The Morgan fingerprint density at radius 1 is 1.21 bits per heavy atom. The third-order valence-electron chi connectivity index (χ3n) is 4.84. The van der Waals surface area contributed by atoms with Gasteiger partial charge in [-0.25, -0.2) is 4.98 Å². The van der Waals surface area contributed by atoms with Gasteiger partial charge >= 0.3 is 0 Å². The lowest BCUT2D eigenvalue weighted by Gasteiger charge is -2.15. The molecular formula is C22H24ClN3O2S. The highest BCUT2D eigenvalue weighted by Crippen LogP contribution is 2.25. The summed E-state index contributed by atoms with van der Waals surface area (Å²) in [5.74, 6) is 0.526. The topological polar surface area (TPSA) is 64.0 Å². The van der Waals surface area contributed by atoms with Crippen LogP contribution in [0.2, 0.25) is 5.02 Å². The summed E-state index contributed by atoms with van der Waals surface area (Å²) >= 11 is 7.33. The Balaban J connectivity index is 2.11. The second-order valence-electron chi connectivity index (χ2n) is 6.84. The van der Waals surface area contributed by atoms with Crippen molar-refractivity contribution in [2.75, 3.05) is 12.3 Å². The normalized spacial score (nSPS) is 12.1. The van der Waals surface area contributed by atoms with Gasteiger partial charge in [-0.3, -0.25) is 14.2 Å². The number of nitrogens with one attached hydrogen (secondary N) is 1. The lowest BCUT2D eigenvalue weighted by molar-refractivity contribution is -0.118. The van der Waals surface area contributed by atoms with Crippen LogP contribution >= 0.6 is 23.4 Å². The molecule has 0 saturated carbocycles. The maximum atomic E-state index is 13.3. The van der Waals surface area contributed by atoms with Gasteiger partial charge < -0.3 is 5.32 Å². The van der Waals surface area contributed by atoms with Gasteiger partial charge in [-0.15, -0.1) is 0 Å². The third-order valence-corrected chi connectivity index (χ3v) is 6.01. The van der Waals surface area contributed by atoms with E-state index in [1.54, 1.807) is 22.8 Å². The minimum atomic E-state index is -0.179. The number of fused-ring (bicyclic) bond motifs is 1. The first-order valence-corrected chi connectivity index (χ1v) is 11.0. The van der Waals surface area contributed by atoms with Crippen molar-refractivity contribution >= 4 is 40.2 Å². The summed E-state index contributed by atoms with van der Waals surface area (Å²) in [5, 5.41) is 4.23. The van der Waals surface area contributed by atoms with E-state index in [9.17, 15) is 9.59 Å². The van der Waals surface area contributed by atoms with Crippen LogP contribution in [0.4, 0.5) is 0 Å². The molecule has 5 nitrogen and oxygen atoms in total. The summed E-state index contributed by atoms with van der Waals surface area (Å²) < 4.78 is 1.57. The molecule has 1 atom stereocenters. The molecule has 0 bridgehead atoms. The average molecular weight is 430 g/mol. The Hall–Kier alpha value is -2.31. The number of thioether (sulfide) groups is 1. The molecule has 0 saturated heterocycles. The van der Waals surface area contributed by atoms with E-state index in [0.717, 1.165) is 12.1 Å². The molecule has 152 valence electrons. The second kappa shape index (κ2) is 9.46. The monoisotopic (exact) mass is 429 g/mol. The van der Waals surface area contributed by atoms with E-state index < -0.39 is 0 Å². The maximum Gasteiger partial charge on any atom is 0.266 e. The highest BCUT2D eigenvalue weighted by Gasteiger charge is 2.15. The van der Waals surface area contributed by atoms with Crippen LogP contribution in [-0.2, 0) is 4.79 Å². The molecular weight excluding hydrogens is 406 g/mol. The lowest BCUT2D eigenvalue weighted by atomic mass is 9.98. The molecule has 0 aliphatic heterocycles. The quantitative estimate of drug-likeness (QED) is 0.433. The molecule has 0 spiro atoms. The Labute approximate surface area is 179 Å². The Kier molecular flexibility index (Phi) is 6.98. The Morgan fingerprint density at radius 2 is 1.93 bits per heavy atom. The van der Waals surface area contributed by atoms with Crippen LogP contribution in [0.15, 0.2) is 52.4 Å². The van der Waals surface area contributed by atoms with Crippen LogP contribution in [0.1, 0.15) is 38.7 Å². The molecule has 1 aromatic heterocycles. The molecule has 3 aromatic rings. The zero-order valence-electron chi connectivity index (χ0n) is 16.7. The van der Waals surface area contributed by atoms with Gasteiger partial charge in [-0.2, -0.15) is 0 Å². The number of carbonyl (C=O) groups is 1. The fraction of sp³-hybridized carbons (Fsp3) is 0.318. The summed E-state index contributed by atoms with van der Waals surface area (Å²) in [6.07, 6.45) is 1.05. The van der Waals surface area contributed by atoms with Gasteiger partial charge in [0.1, 0.15) is 0 Å². The van der Waals surface area contributed by atoms with E-state index >= 15 is 0 Å². The fourth-order valence-electron chi connectivity index (χ4n) is 3.03. The number of halogens is 1. The van der Waals surface area contributed by atoms with Crippen molar-refractivity contribution in [1.82, 2.24) is 14.9 Å². The molecule has 1 unspecified atom stereocenters. The molecule has 1 heterocycles. The van der Waals surface area contributed by atoms with Crippen LogP contribution in [0.5, 0.6) is 0 Å². The van der Waals surface area contributed by atoms with Crippen molar-refractivity contribution in [1.29, 1.82) is 0 Å². The molecule has 0 aliphatic carbocycles. The smallest absolute Gasteiger partial charge is 0.266 e. The van der Waals surface area contributed by atoms with E-state index in [1.165, 1.54) is 17.3 Å². The third kappa shape index (κ3) is 4.82. The molecule has 29 heavy (non-hydrogen) atoms. The average Bonchev–Trinajstić information content (AvgIpc) is 2.72. The zero-order valence-corrected chi connectivity index (χ0v) is 18.3. The molecule has 0 radical (unpaired) electrons. The minimum absolute atomic E-state index is 0.100. The Morgan fingerprint density at radius 3 is 2.59 bits per heavy atom. The van der Waals surface area contributed by atoms with Gasteiger partial charge in [0.05, 0.1) is 22.3 Å². The molecule has 3 rings (SSSR count). The van der Waals surface area contributed by atoms with Crippen molar-refractivity contribution in [2.45, 2.75) is 38.3 Å². The van der Waals surface area contributed by atoms with E-state index in [0.29, 0.717) is 33.5 Å². The summed E-state index contributed by atoms with van der Waals surface area (Å²) in [6.45, 7) is 6.76. The van der Waals surface area contributed by atoms with E-state index in [-0.39, 0.29) is 17.2 Å². The molecule has 2 aromatic carbocycles. The van der Waals surface area contributed by atoms with E-state index in [4.69, 9.17) is 11.6 Å². The molecule has 1 amide bonds. The number of amides is 1. The van der Waals surface area contributed by atoms with Gasteiger partial charge in [0.15, 0.2) is 5.16 Å². The summed E-state index contributed by atoms with van der Waals surface area (Å²) in [7, 11) is 0. The highest BCUT2D eigenvalue weighted by atomic mass is 35.5. The number of carbonyl (C=O) groups excluding carboxylic acids is 1. The van der Waals surface area contributed by atoms with Crippen LogP contribution < -0.4 is 10.9 Å². The predicted molar refractivity (Wildman–Crippen MR) is 120 cm³/mol. The summed E-state index contributed by atoms with van der Waals surface area (Å²) in [4.78, 5) is 29.9. The van der Waals surface area contributed by atoms with Gasteiger partial charge in [0, 0.05) is 11.6 Å². The van der Waals surface area contributed by atoms with Gasteiger partial charge in [-0.05, 0) is 55.2 Å². The zero-order chi connectivity index (χ0) is 21.0. The highest BCUT2D eigenvalue weighted by molar-refractivity contribution is 7.99. The van der Waals surface area contributed by atoms with Gasteiger partial charge in [-0.1, -0.05) is 49.3 Å². The maximum absolute atomic E-state index is 13.3. The largest absolute Gasteiger partial charge is 0.356 e. The van der Waals surface area contributed by atoms with Crippen molar-refractivity contribution in [2.24, 2.45) is 0 Å². The van der Waals surface area contributed by atoms with Gasteiger partial charge in [0.25, 0.3) is 5.56 Å². The number of hydrogen-bond acceptors (Lipinski definition) is 4. The van der Waals surface area contributed by atoms with Crippen molar-refractivity contribution < 1.29 is 4.79 Å². The minimum Gasteiger partial charge on any atom is -0.356 e. The number of nitrogens with zero attached hydrogens (tertiary/aromatic N) is 2. The Bertz CT molecular complexity index is 1080. The predicted octanol–water partition coefficient (Wildman–Crippen LogP) is 4.78. The van der Waals surface area contributed by atoms with Crippen molar-refractivity contribution in [3.8, 4) is 5.69 Å². The fourth-order valence-corrected chi connectivity index (χ4v) is 4.04. The summed E-state index contributed by atoms with van der Waals surface area (Å²) in [6, 6.07) is 13.0. The van der Waals surface area contributed by atoms with E-state index in [2.05, 4.69) is 24.1 Å². The first kappa shape index (κ1) is 21.4. The molecule has 7 heteroatoms. The molecule has 1 N–H and O–H groups in total. The van der Waals surface area contributed by atoms with Crippen LogP contribution in [0, 0.1) is 0 Å². The summed E-state index contributed by atoms with van der Waals surface area (Å²) in [5.41, 5.74) is 2.29. The number of benzene rings is 2. The first-order valence-electron chi connectivity index (χ1n) is 9.66. The van der Waals surface area contributed by atoms with Crippen LogP contribution in [-0.4, -0.2) is 27.8 Å². The van der Waals surface area contributed by atoms with E-state index in [1.807, 2.05) is 31.2 Å². The number of rotatable bonds is 7. The SMILES string of the molecule is CCNC(=O)CSc1nc2cc(Cl)ccc2c(=O)n1-c1ccc(C(C)CC)cc1. The molecule has 0 aliphatic rings. The van der Waals surface area contributed by atoms with Gasteiger partial charge in [0.2, 0.25) is 5.91 Å². The first-order chi connectivity index (χ1) is 13.9. The standard InChI is InChI=1S/C22H24ClN3O2S/c1-4-14(3)15-6-9-17(10-7-15)26-21(28)18-11-8-16(23)12-19(18)25-22(26)29-13-20(27)24-5-2/h6-12,14H,4-5,13H2,1-3H3,(H,24,27).